The molecule has 1 spiro atoms. The highest BCUT2D eigenvalue weighted by Crippen LogP contribution is 2.56. The summed E-state index contributed by atoms with van der Waals surface area (Å²) in [5.74, 6) is -0.573. The van der Waals surface area contributed by atoms with Crippen LogP contribution in [0, 0.1) is 16.0 Å². The van der Waals surface area contributed by atoms with E-state index in [-0.39, 0.29) is 23.7 Å². The highest BCUT2D eigenvalue weighted by atomic mass is 16.6. The monoisotopic (exact) mass is 557 g/mol. The third kappa shape index (κ3) is 3.95. The van der Waals surface area contributed by atoms with Crippen LogP contribution in [0.3, 0.4) is 0 Å². The van der Waals surface area contributed by atoms with Crippen molar-refractivity contribution in [3.63, 3.8) is 0 Å². The van der Waals surface area contributed by atoms with E-state index in [2.05, 4.69) is 47.4 Å². The summed E-state index contributed by atoms with van der Waals surface area (Å²) in [6, 6.07) is 30.3. The van der Waals surface area contributed by atoms with Gasteiger partial charge in [-0.2, -0.15) is 0 Å². The first-order valence-electron chi connectivity index (χ1n) is 14.6. The molecule has 7 heteroatoms. The molecule has 0 aromatic heterocycles. The number of hydrogen-bond acceptors (Lipinski definition) is 6. The molecule has 0 saturated heterocycles. The number of ether oxygens (including phenoxy) is 1. The fraction of sp³-hybridized carbons (Fsp3) is 0.257. The predicted molar refractivity (Wildman–Crippen MR) is 163 cm³/mol. The lowest BCUT2D eigenvalue weighted by Gasteiger charge is -2.53. The molecule has 1 aliphatic carbocycles. The van der Waals surface area contributed by atoms with Gasteiger partial charge >= 0.3 is 11.7 Å². The van der Waals surface area contributed by atoms with Crippen molar-refractivity contribution in [2.45, 2.75) is 44.2 Å². The van der Waals surface area contributed by atoms with Crippen molar-refractivity contribution in [3.05, 3.63) is 129 Å². The lowest BCUT2D eigenvalue weighted by atomic mass is 9.66. The number of hydrogen-bond donors (Lipinski definition) is 0. The molecule has 2 heterocycles. The number of rotatable bonds is 5. The fourth-order valence-corrected chi connectivity index (χ4v) is 7.35. The second-order valence-electron chi connectivity index (χ2n) is 11.2. The normalized spacial score (nSPS) is 23.2. The van der Waals surface area contributed by atoms with Gasteiger partial charge in [0.2, 0.25) is 0 Å². The number of nitro groups is 1. The van der Waals surface area contributed by atoms with Gasteiger partial charge in [-0.15, -0.1) is 0 Å². The number of fused-ring (bicyclic) bond motifs is 4. The standard InChI is InChI=1S/C35H31N3O4/c1-2-42-34(39)33(38(40)41)28-22-31-32(26-18-10-9-17-25(26)28)36-35-20-12-11-19-29(35)27(23-13-5-3-6-14-23)21-30(37(31)35)24-15-7-4-8-16-24/h3-10,13-18,21-22,27,29H,2,11-12,19-20H2,1H3/b33-28+/t27-,29-,35+/m0/s1. The first-order chi connectivity index (χ1) is 20.5. The highest BCUT2D eigenvalue weighted by molar-refractivity contribution is 6.08. The largest absolute Gasteiger partial charge is 0.458 e. The molecule has 42 heavy (non-hydrogen) atoms. The Morgan fingerprint density at radius 1 is 1.00 bits per heavy atom. The minimum Gasteiger partial charge on any atom is -0.458 e. The molecule has 0 unspecified atom stereocenters. The van der Waals surface area contributed by atoms with E-state index in [9.17, 15) is 14.9 Å². The maximum absolute atomic E-state index is 13.0. The van der Waals surface area contributed by atoms with Crippen LogP contribution < -0.4 is 15.5 Å². The van der Waals surface area contributed by atoms with Crippen molar-refractivity contribution < 1.29 is 14.5 Å². The number of carbonyl (C=O) groups excluding carboxylic acids is 1. The molecule has 0 N–H and O–H groups in total. The van der Waals surface area contributed by atoms with Gasteiger partial charge in [0.1, 0.15) is 5.66 Å². The van der Waals surface area contributed by atoms with Crippen molar-refractivity contribution in [2.24, 2.45) is 10.9 Å². The Labute approximate surface area is 243 Å². The molecule has 7 nitrogen and oxygen atoms in total. The molecule has 0 amide bonds. The summed E-state index contributed by atoms with van der Waals surface area (Å²) < 4.78 is 5.17. The van der Waals surface area contributed by atoms with E-state index < -0.39 is 22.3 Å². The van der Waals surface area contributed by atoms with Crippen LogP contribution >= 0.6 is 0 Å². The van der Waals surface area contributed by atoms with Crippen LogP contribution in [0.25, 0.3) is 22.2 Å². The van der Waals surface area contributed by atoms with Gasteiger partial charge in [0.05, 0.1) is 27.8 Å². The van der Waals surface area contributed by atoms with Gasteiger partial charge in [0, 0.05) is 22.9 Å². The number of nitrogens with zero attached hydrogens (tertiary/aromatic N) is 3. The van der Waals surface area contributed by atoms with E-state index in [0.717, 1.165) is 53.4 Å². The van der Waals surface area contributed by atoms with Crippen molar-refractivity contribution in [3.8, 4) is 0 Å². The van der Waals surface area contributed by atoms with Crippen molar-refractivity contribution >= 4 is 33.8 Å². The topological polar surface area (TPSA) is 85.0 Å². The Kier molecular flexibility index (Phi) is 6.38. The first kappa shape index (κ1) is 26.1. The lowest BCUT2D eigenvalue weighted by Crippen LogP contribution is -2.55. The number of benzene rings is 4. The molecule has 3 aliphatic rings. The molecule has 4 aromatic rings. The smallest absolute Gasteiger partial charge is 0.410 e. The maximum Gasteiger partial charge on any atom is 0.410 e. The van der Waals surface area contributed by atoms with Gasteiger partial charge in [0.25, 0.3) is 0 Å². The van der Waals surface area contributed by atoms with Crippen LogP contribution in [0.1, 0.15) is 49.7 Å². The average molecular weight is 558 g/mol. The molecular weight excluding hydrogens is 526 g/mol. The Bertz CT molecular complexity index is 1870. The zero-order valence-corrected chi connectivity index (χ0v) is 23.4. The van der Waals surface area contributed by atoms with Crippen LogP contribution in [-0.2, 0) is 9.53 Å². The van der Waals surface area contributed by atoms with Gasteiger partial charge in [-0.05, 0) is 48.8 Å². The second kappa shape index (κ2) is 10.2. The van der Waals surface area contributed by atoms with Crippen molar-refractivity contribution in [1.82, 2.24) is 0 Å². The SMILES string of the molecule is CCOC(=O)/C(=c1/cc2c(c3ccccc13)=N[C@@]13CCCC[C@H]1[C@H](c1ccccc1)C=C(c1ccccc1)N23)[N+](=O)[O-]. The van der Waals surface area contributed by atoms with E-state index in [1.807, 2.05) is 48.5 Å². The summed E-state index contributed by atoms with van der Waals surface area (Å²) in [6.07, 6.45) is 6.41. The van der Waals surface area contributed by atoms with Gasteiger partial charge < -0.3 is 9.64 Å². The number of anilines is 1. The molecule has 1 saturated carbocycles. The summed E-state index contributed by atoms with van der Waals surface area (Å²) in [4.78, 5) is 32.7. The van der Waals surface area contributed by atoms with Crippen molar-refractivity contribution in [2.75, 3.05) is 11.5 Å². The third-order valence-electron chi connectivity index (χ3n) is 9.01. The fourth-order valence-electron chi connectivity index (χ4n) is 7.35. The second-order valence-corrected chi connectivity index (χ2v) is 11.2. The predicted octanol–water partition coefficient (Wildman–Crippen LogP) is 5.95. The summed E-state index contributed by atoms with van der Waals surface area (Å²) in [5.41, 5.74) is 3.04. The van der Waals surface area contributed by atoms with Crippen LogP contribution in [0.5, 0.6) is 0 Å². The molecule has 0 radical (unpaired) electrons. The Morgan fingerprint density at radius 3 is 2.40 bits per heavy atom. The van der Waals surface area contributed by atoms with E-state index >= 15 is 0 Å². The van der Waals surface area contributed by atoms with Crippen LogP contribution in [0.2, 0.25) is 0 Å². The molecule has 7 rings (SSSR count). The van der Waals surface area contributed by atoms with E-state index in [0.29, 0.717) is 5.39 Å². The zero-order chi connectivity index (χ0) is 28.8. The van der Waals surface area contributed by atoms with Crippen LogP contribution in [0.4, 0.5) is 5.69 Å². The van der Waals surface area contributed by atoms with Crippen LogP contribution in [0.15, 0.2) is 102 Å². The highest BCUT2D eigenvalue weighted by Gasteiger charge is 2.55. The summed E-state index contributed by atoms with van der Waals surface area (Å²) in [6.45, 7) is 1.70. The summed E-state index contributed by atoms with van der Waals surface area (Å²) in [5, 5.41) is 14.9. The summed E-state index contributed by atoms with van der Waals surface area (Å²) >= 11 is 0. The Morgan fingerprint density at radius 2 is 1.69 bits per heavy atom. The minimum absolute atomic E-state index is 0.0487. The molecule has 2 aliphatic heterocycles. The first-order valence-corrected chi connectivity index (χ1v) is 14.6. The quantitative estimate of drug-likeness (QED) is 0.172. The van der Waals surface area contributed by atoms with E-state index in [4.69, 9.17) is 9.73 Å². The minimum atomic E-state index is -0.936. The third-order valence-corrected chi connectivity index (χ3v) is 9.01. The molecule has 1 fully saturated rings. The lowest BCUT2D eigenvalue weighted by molar-refractivity contribution is -0.378. The van der Waals surface area contributed by atoms with Gasteiger partial charge in [0.15, 0.2) is 0 Å². The molecule has 210 valence electrons. The van der Waals surface area contributed by atoms with Crippen LogP contribution in [-0.4, -0.2) is 23.2 Å². The Hall–Kier alpha value is -4.78. The van der Waals surface area contributed by atoms with Gasteiger partial charge in [-0.25, -0.2) is 4.79 Å². The molecule has 3 atom stereocenters. The van der Waals surface area contributed by atoms with Crippen molar-refractivity contribution in [1.29, 1.82) is 0 Å². The number of carbonyl (C=O) groups is 1. The molecular formula is C35H31N3O4. The van der Waals surface area contributed by atoms with Gasteiger partial charge in [-0.1, -0.05) is 97.4 Å². The average Bonchev–Trinajstić information content (AvgIpc) is 3.35. The van der Waals surface area contributed by atoms with E-state index in [1.165, 1.54) is 5.56 Å². The van der Waals surface area contributed by atoms with E-state index in [1.54, 1.807) is 13.0 Å². The summed E-state index contributed by atoms with van der Waals surface area (Å²) in [7, 11) is 0. The maximum atomic E-state index is 13.0. The number of allylic oxidation sites excluding steroid dienone is 1. The molecule has 4 aromatic carbocycles. The van der Waals surface area contributed by atoms with Gasteiger partial charge in [-0.3, -0.25) is 15.1 Å². The Balaban J connectivity index is 1.59. The molecule has 0 bridgehead atoms. The zero-order valence-electron chi connectivity index (χ0n) is 23.4. The number of esters is 1.